The lowest BCUT2D eigenvalue weighted by Crippen LogP contribution is -2.11. The standard InChI is InChI=1S/C13H11N5S/c14-9-5-3-8(4-6-9)12-16-13-10(11(15)19)2-1-7-18(13)17-12/h1-7H,14H2,(H2,15,19). The monoisotopic (exact) mass is 269 g/mol. The highest BCUT2D eigenvalue weighted by Gasteiger charge is 2.10. The van der Waals surface area contributed by atoms with Crippen LogP contribution in [-0.4, -0.2) is 19.6 Å². The van der Waals surface area contributed by atoms with E-state index in [4.69, 9.17) is 23.7 Å². The molecule has 3 aromatic rings. The number of hydrogen-bond acceptors (Lipinski definition) is 4. The van der Waals surface area contributed by atoms with Crippen LogP contribution in [0.4, 0.5) is 5.69 Å². The largest absolute Gasteiger partial charge is 0.399 e. The van der Waals surface area contributed by atoms with Crippen molar-refractivity contribution < 1.29 is 0 Å². The molecule has 0 saturated heterocycles. The molecule has 1 aromatic carbocycles. The Labute approximate surface area is 114 Å². The minimum absolute atomic E-state index is 0.307. The fraction of sp³-hybridized carbons (Fsp3) is 0. The Balaban J connectivity index is 2.19. The van der Waals surface area contributed by atoms with E-state index in [9.17, 15) is 0 Å². The van der Waals surface area contributed by atoms with Gasteiger partial charge in [0.05, 0.1) is 5.56 Å². The van der Waals surface area contributed by atoms with Crippen molar-refractivity contribution in [2.24, 2.45) is 5.73 Å². The quantitative estimate of drug-likeness (QED) is 0.545. The first-order valence-corrected chi connectivity index (χ1v) is 6.07. The van der Waals surface area contributed by atoms with Crippen LogP contribution in [0.3, 0.4) is 0 Å². The van der Waals surface area contributed by atoms with Crippen LogP contribution in [-0.2, 0) is 0 Å². The topological polar surface area (TPSA) is 82.2 Å². The fourth-order valence-electron chi connectivity index (χ4n) is 1.85. The Hall–Kier alpha value is -2.47. The summed E-state index contributed by atoms with van der Waals surface area (Å²) < 4.78 is 1.67. The molecule has 94 valence electrons. The lowest BCUT2D eigenvalue weighted by atomic mass is 10.2. The number of hydrogen-bond donors (Lipinski definition) is 2. The average Bonchev–Trinajstić information content (AvgIpc) is 2.82. The number of anilines is 1. The number of nitrogens with two attached hydrogens (primary N) is 2. The highest BCUT2D eigenvalue weighted by atomic mass is 32.1. The number of nitrogens with zero attached hydrogens (tertiary/aromatic N) is 3. The van der Waals surface area contributed by atoms with E-state index in [1.54, 1.807) is 4.52 Å². The van der Waals surface area contributed by atoms with Crippen LogP contribution < -0.4 is 11.5 Å². The van der Waals surface area contributed by atoms with Gasteiger partial charge in [0, 0.05) is 17.4 Å². The summed E-state index contributed by atoms with van der Waals surface area (Å²) in [7, 11) is 0. The number of benzene rings is 1. The maximum atomic E-state index is 5.68. The van der Waals surface area contributed by atoms with Gasteiger partial charge in [0.25, 0.3) is 0 Å². The third-order valence-electron chi connectivity index (χ3n) is 2.80. The van der Waals surface area contributed by atoms with E-state index in [1.165, 1.54) is 0 Å². The van der Waals surface area contributed by atoms with E-state index in [0.717, 1.165) is 5.56 Å². The Morgan fingerprint density at radius 1 is 1.16 bits per heavy atom. The fourth-order valence-corrected chi connectivity index (χ4v) is 2.01. The van der Waals surface area contributed by atoms with E-state index in [2.05, 4.69) is 10.1 Å². The molecule has 5 nitrogen and oxygen atoms in total. The lowest BCUT2D eigenvalue weighted by Gasteiger charge is -1.97. The van der Waals surface area contributed by atoms with Crippen molar-refractivity contribution in [1.29, 1.82) is 0 Å². The highest BCUT2D eigenvalue weighted by Crippen LogP contribution is 2.19. The molecule has 0 unspecified atom stereocenters. The molecule has 0 saturated carbocycles. The third-order valence-corrected chi connectivity index (χ3v) is 3.02. The third kappa shape index (κ3) is 2.02. The van der Waals surface area contributed by atoms with Gasteiger partial charge in [-0.05, 0) is 36.4 Å². The second-order valence-corrected chi connectivity index (χ2v) is 4.55. The smallest absolute Gasteiger partial charge is 0.182 e. The van der Waals surface area contributed by atoms with Crippen molar-refractivity contribution >= 4 is 28.5 Å². The van der Waals surface area contributed by atoms with Gasteiger partial charge in [-0.3, -0.25) is 0 Å². The molecule has 2 heterocycles. The zero-order valence-corrected chi connectivity index (χ0v) is 10.8. The molecule has 4 N–H and O–H groups in total. The summed E-state index contributed by atoms with van der Waals surface area (Å²) in [5, 5.41) is 4.41. The molecular formula is C13H11N5S. The van der Waals surface area contributed by atoms with Crippen molar-refractivity contribution in [3.05, 3.63) is 48.2 Å². The summed E-state index contributed by atoms with van der Waals surface area (Å²) >= 11 is 5.01. The normalized spacial score (nSPS) is 10.7. The van der Waals surface area contributed by atoms with Crippen LogP contribution >= 0.6 is 12.2 Å². The van der Waals surface area contributed by atoms with Gasteiger partial charge in [-0.1, -0.05) is 12.2 Å². The van der Waals surface area contributed by atoms with Gasteiger partial charge in [0.15, 0.2) is 11.5 Å². The molecule has 0 bridgehead atoms. The number of rotatable bonds is 2. The van der Waals surface area contributed by atoms with Gasteiger partial charge in [-0.25, -0.2) is 9.50 Å². The molecule has 0 atom stereocenters. The van der Waals surface area contributed by atoms with Gasteiger partial charge in [0.1, 0.15) is 4.99 Å². The lowest BCUT2D eigenvalue weighted by molar-refractivity contribution is 0.964. The molecule has 19 heavy (non-hydrogen) atoms. The van der Waals surface area contributed by atoms with E-state index >= 15 is 0 Å². The van der Waals surface area contributed by atoms with Crippen LogP contribution in [0.2, 0.25) is 0 Å². The summed E-state index contributed by atoms with van der Waals surface area (Å²) in [5.74, 6) is 0.615. The van der Waals surface area contributed by atoms with Crippen molar-refractivity contribution in [3.63, 3.8) is 0 Å². The summed E-state index contributed by atoms with van der Waals surface area (Å²) in [6.45, 7) is 0. The van der Waals surface area contributed by atoms with E-state index in [1.807, 2.05) is 42.6 Å². The first-order valence-electron chi connectivity index (χ1n) is 5.66. The first-order chi connectivity index (χ1) is 9.15. The van der Waals surface area contributed by atoms with E-state index in [-0.39, 0.29) is 0 Å². The Kier molecular flexibility index (Phi) is 2.64. The van der Waals surface area contributed by atoms with Gasteiger partial charge >= 0.3 is 0 Å². The van der Waals surface area contributed by atoms with E-state index < -0.39 is 0 Å². The Morgan fingerprint density at radius 3 is 2.58 bits per heavy atom. The molecule has 0 aliphatic carbocycles. The Bertz CT molecular complexity index is 760. The molecular weight excluding hydrogens is 258 g/mol. The van der Waals surface area contributed by atoms with Gasteiger partial charge in [0.2, 0.25) is 0 Å². The van der Waals surface area contributed by atoms with Crippen LogP contribution in [0.15, 0.2) is 42.6 Å². The summed E-state index contributed by atoms with van der Waals surface area (Å²) in [6, 6.07) is 11.1. The number of fused-ring (bicyclic) bond motifs is 1. The number of aromatic nitrogens is 3. The highest BCUT2D eigenvalue weighted by molar-refractivity contribution is 7.80. The number of thiocarbonyl (C=S) groups is 1. The summed E-state index contributed by atoms with van der Waals surface area (Å²) in [6.07, 6.45) is 1.81. The molecule has 0 spiro atoms. The first kappa shape index (κ1) is 11.6. The SMILES string of the molecule is NC(=S)c1cccn2nc(-c3ccc(N)cc3)nc12. The summed E-state index contributed by atoms with van der Waals surface area (Å²) in [4.78, 5) is 4.78. The molecule has 0 amide bonds. The van der Waals surface area contributed by atoms with Gasteiger partial charge in [-0.2, -0.15) is 0 Å². The van der Waals surface area contributed by atoms with Crippen LogP contribution in [0.5, 0.6) is 0 Å². The van der Waals surface area contributed by atoms with Crippen molar-refractivity contribution in [2.75, 3.05) is 5.73 Å². The zero-order chi connectivity index (χ0) is 13.4. The van der Waals surface area contributed by atoms with Crippen molar-refractivity contribution in [2.45, 2.75) is 0 Å². The number of nitrogen functional groups attached to an aromatic ring is 1. The summed E-state index contributed by atoms with van der Waals surface area (Å²) in [5.41, 5.74) is 14.3. The maximum absolute atomic E-state index is 5.68. The second-order valence-electron chi connectivity index (χ2n) is 4.11. The van der Waals surface area contributed by atoms with Crippen LogP contribution in [0, 0.1) is 0 Å². The Morgan fingerprint density at radius 2 is 1.89 bits per heavy atom. The van der Waals surface area contributed by atoms with Crippen LogP contribution in [0.25, 0.3) is 17.0 Å². The molecule has 0 radical (unpaired) electrons. The molecule has 0 fully saturated rings. The molecule has 6 heteroatoms. The van der Waals surface area contributed by atoms with E-state index in [0.29, 0.717) is 27.7 Å². The number of pyridine rings is 1. The zero-order valence-electron chi connectivity index (χ0n) is 9.95. The minimum Gasteiger partial charge on any atom is -0.399 e. The molecule has 0 aliphatic rings. The van der Waals surface area contributed by atoms with Crippen molar-refractivity contribution in [3.8, 4) is 11.4 Å². The van der Waals surface area contributed by atoms with Crippen LogP contribution in [0.1, 0.15) is 5.56 Å². The van der Waals surface area contributed by atoms with Gasteiger partial charge in [-0.15, -0.1) is 5.10 Å². The minimum atomic E-state index is 0.307. The second kappa shape index (κ2) is 4.33. The maximum Gasteiger partial charge on any atom is 0.182 e. The molecule has 2 aromatic heterocycles. The van der Waals surface area contributed by atoms with Gasteiger partial charge < -0.3 is 11.5 Å². The molecule has 3 rings (SSSR count). The van der Waals surface area contributed by atoms with Crippen molar-refractivity contribution in [1.82, 2.24) is 14.6 Å². The average molecular weight is 269 g/mol. The molecule has 0 aliphatic heterocycles. The predicted octanol–water partition coefficient (Wildman–Crippen LogP) is 1.61. The predicted molar refractivity (Wildman–Crippen MR) is 78.7 cm³/mol.